The molecule has 1 rings (SSSR count). The summed E-state index contributed by atoms with van der Waals surface area (Å²) in [6.07, 6.45) is 0. The minimum atomic E-state index is -3.75. The lowest BCUT2D eigenvalue weighted by Gasteiger charge is -2.08. The van der Waals surface area contributed by atoms with Crippen LogP contribution in [0.5, 0.6) is 0 Å². The normalized spacial score (nSPS) is 13.1. The van der Waals surface area contributed by atoms with E-state index in [1.807, 2.05) is 0 Å². The number of nitrogens with zero attached hydrogens (tertiary/aromatic N) is 1. The van der Waals surface area contributed by atoms with Crippen LogP contribution < -0.4 is 4.72 Å². The molecule has 1 aromatic carbocycles. The van der Waals surface area contributed by atoms with Crippen LogP contribution in [0.4, 0.5) is 4.39 Å². The second-order valence-corrected chi connectivity index (χ2v) is 5.10. The second-order valence-electron chi connectivity index (χ2n) is 3.38. The van der Waals surface area contributed by atoms with Crippen molar-refractivity contribution in [3.63, 3.8) is 0 Å². The number of sulfonamides is 1. The van der Waals surface area contributed by atoms with Crippen LogP contribution >= 0.6 is 0 Å². The Morgan fingerprint density at radius 3 is 2.62 bits per heavy atom. The van der Waals surface area contributed by atoms with Gasteiger partial charge >= 0.3 is 0 Å². The Labute approximate surface area is 93.8 Å². The van der Waals surface area contributed by atoms with Gasteiger partial charge in [-0.15, -0.1) is 0 Å². The molecule has 6 heteroatoms. The zero-order valence-electron chi connectivity index (χ0n) is 8.86. The standard InChI is InChI=1S/C10H11FN2O2S/c1-7-5-9(3-4-10(7)11)16(14,15)13-8(2)6-12/h3-5,8,13H,1-2H3. The molecule has 1 atom stereocenters. The fourth-order valence-electron chi connectivity index (χ4n) is 1.11. The molecule has 0 radical (unpaired) electrons. The van der Waals surface area contributed by atoms with Gasteiger partial charge in [0, 0.05) is 0 Å². The van der Waals surface area contributed by atoms with Crippen molar-refractivity contribution in [2.75, 3.05) is 0 Å². The van der Waals surface area contributed by atoms with Crippen LogP contribution in [-0.4, -0.2) is 14.5 Å². The molecule has 1 aromatic rings. The summed E-state index contributed by atoms with van der Waals surface area (Å²) in [5.41, 5.74) is 0.243. The Hall–Kier alpha value is -1.45. The maximum absolute atomic E-state index is 12.9. The van der Waals surface area contributed by atoms with Gasteiger partial charge in [-0.1, -0.05) is 0 Å². The molecule has 4 nitrogen and oxygen atoms in total. The van der Waals surface area contributed by atoms with Crippen molar-refractivity contribution in [1.29, 1.82) is 5.26 Å². The van der Waals surface area contributed by atoms with Gasteiger partial charge in [-0.3, -0.25) is 0 Å². The predicted molar refractivity (Wildman–Crippen MR) is 56.5 cm³/mol. The van der Waals surface area contributed by atoms with Gasteiger partial charge in [0.25, 0.3) is 0 Å². The maximum atomic E-state index is 12.9. The van der Waals surface area contributed by atoms with Gasteiger partial charge in [-0.05, 0) is 37.6 Å². The van der Waals surface area contributed by atoms with E-state index in [1.54, 1.807) is 6.07 Å². The molecule has 0 saturated heterocycles. The Balaban J connectivity index is 3.09. The molecule has 0 aromatic heterocycles. The summed E-state index contributed by atoms with van der Waals surface area (Å²) in [6, 6.07) is 4.40. The summed E-state index contributed by atoms with van der Waals surface area (Å²) in [4.78, 5) is -0.0477. The highest BCUT2D eigenvalue weighted by atomic mass is 32.2. The smallest absolute Gasteiger partial charge is 0.207 e. The van der Waals surface area contributed by atoms with Crippen molar-refractivity contribution in [1.82, 2.24) is 4.72 Å². The highest BCUT2D eigenvalue weighted by Crippen LogP contribution is 2.14. The van der Waals surface area contributed by atoms with E-state index in [0.29, 0.717) is 0 Å². The van der Waals surface area contributed by atoms with Gasteiger partial charge in [-0.2, -0.15) is 9.98 Å². The monoisotopic (exact) mass is 242 g/mol. The van der Waals surface area contributed by atoms with Crippen LogP contribution in [0.1, 0.15) is 12.5 Å². The van der Waals surface area contributed by atoms with Crippen LogP contribution in [0.15, 0.2) is 23.1 Å². The molecule has 0 fully saturated rings. The van der Waals surface area contributed by atoms with Gasteiger partial charge in [0.2, 0.25) is 10.0 Å². The molecule has 1 N–H and O–H groups in total. The highest BCUT2D eigenvalue weighted by Gasteiger charge is 2.17. The lowest BCUT2D eigenvalue weighted by molar-refractivity contribution is 0.575. The van der Waals surface area contributed by atoms with E-state index in [4.69, 9.17) is 5.26 Å². The summed E-state index contributed by atoms with van der Waals surface area (Å²) >= 11 is 0. The van der Waals surface area contributed by atoms with E-state index in [0.717, 1.165) is 12.1 Å². The van der Waals surface area contributed by atoms with Gasteiger partial charge in [0.1, 0.15) is 11.9 Å². The van der Waals surface area contributed by atoms with Crippen molar-refractivity contribution < 1.29 is 12.8 Å². The number of hydrogen-bond donors (Lipinski definition) is 1. The fraction of sp³-hybridized carbons (Fsp3) is 0.300. The average Bonchev–Trinajstić information content (AvgIpc) is 2.21. The topological polar surface area (TPSA) is 70.0 Å². The molecule has 0 heterocycles. The molecule has 1 unspecified atom stereocenters. The molecule has 0 bridgehead atoms. The molecule has 0 aliphatic heterocycles. The summed E-state index contributed by atoms with van der Waals surface area (Å²) in [7, 11) is -3.75. The van der Waals surface area contributed by atoms with E-state index in [-0.39, 0.29) is 10.5 Å². The Bertz CT molecular complexity index is 534. The average molecular weight is 242 g/mol. The third-order valence-electron chi connectivity index (χ3n) is 1.97. The first-order valence-electron chi connectivity index (χ1n) is 4.55. The Morgan fingerprint density at radius 2 is 2.12 bits per heavy atom. The van der Waals surface area contributed by atoms with Crippen molar-refractivity contribution in [3.05, 3.63) is 29.6 Å². The van der Waals surface area contributed by atoms with E-state index in [9.17, 15) is 12.8 Å². The minimum absolute atomic E-state index is 0.0477. The van der Waals surface area contributed by atoms with Crippen molar-refractivity contribution in [2.24, 2.45) is 0 Å². The van der Waals surface area contributed by atoms with Crippen molar-refractivity contribution >= 4 is 10.0 Å². The van der Waals surface area contributed by atoms with E-state index < -0.39 is 21.9 Å². The molecular weight excluding hydrogens is 231 g/mol. The zero-order valence-corrected chi connectivity index (χ0v) is 9.68. The van der Waals surface area contributed by atoms with E-state index >= 15 is 0 Å². The SMILES string of the molecule is Cc1cc(S(=O)(=O)NC(C)C#N)ccc1F. The predicted octanol–water partition coefficient (Wildman–Crippen LogP) is 1.32. The molecule has 0 saturated carbocycles. The lowest BCUT2D eigenvalue weighted by atomic mass is 10.2. The van der Waals surface area contributed by atoms with Gasteiger partial charge < -0.3 is 0 Å². The van der Waals surface area contributed by atoms with Crippen LogP contribution in [0.3, 0.4) is 0 Å². The van der Waals surface area contributed by atoms with Crippen LogP contribution in [0, 0.1) is 24.1 Å². The third kappa shape index (κ3) is 2.78. The van der Waals surface area contributed by atoms with Gasteiger partial charge in [0.05, 0.1) is 11.0 Å². The van der Waals surface area contributed by atoms with Crippen LogP contribution in [0.2, 0.25) is 0 Å². The number of nitriles is 1. The first kappa shape index (κ1) is 12.6. The summed E-state index contributed by atoms with van der Waals surface area (Å²) in [5, 5.41) is 8.51. The molecule has 0 aliphatic carbocycles. The number of benzene rings is 1. The number of rotatable bonds is 3. The molecule has 86 valence electrons. The Morgan fingerprint density at radius 1 is 1.50 bits per heavy atom. The number of hydrogen-bond acceptors (Lipinski definition) is 3. The molecule has 0 amide bonds. The molecule has 16 heavy (non-hydrogen) atoms. The third-order valence-corrected chi connectivity index (χ3v) is 3.50. The van der Waals surface area contributed by atoms with E-state index in [1.165, 1.54) is 19.9 Å². The van der Waals surface area contributed by atoms with Gasteiger partial charge in [0.15, 0.2) is 0 Å². The number of aryl methyl sites for hydroxylation is 1. The van der Waals surface area contributed by atoms with Crippen molar-refractivity contribution in [3.8, 4) is 6.07 Å². The molecular formula is C10H11FN2O2S. The number of halogens is 1. The summed E-state index contributed by atoms with van der Waals surface area (Å²) in [5.74, 6) is -0.465. The number of nitrogens with one attached hydrogen (secondary N) is 1. The Kier molecular flexibility index (Phi) is 3.62. The molecule has 0 aliphatic rings. The first-order valence-corrected chi connectivity index (χ1v) is 6.03. The quantitative estimate of drug-likeness (QED) is 0.869. The second kappa shape index (κ2) is 4.60. The fourth-order valence-corrected chi connectivity index (χ4v) is 2.34. The zero-order chi connectivity index (χ0) is 12.3. The van der Waals surface area contributed by atoms with Crippen LogP contribution in [-0.2, 0) is 10.0 Å². The minimum Gasteiger partial charge on any atom is -0.207 e. The van der Waals surface area contributed by atoms with E-state index in [2.05, 4.69) is 4.72 Å². The van der Waals surface area contributed by atoms with Gasteiger partial charge in [-0.25, -0.2) is 12.8 Å². The maximum Gasteiger partial charge on any atom is 0.241 e. The first-order chi connectivity index (χ1) is 7.36. The summed E-state index contributed by atoms with van der Waals surface area (Å²) < 4.78 is 38.5. The largest absolute Gasteiger partial charge is 0.241 e. The van der Waals surface area contributed by atoms with Crippen LogP contribution in [0.25, 0.3) is 0 Å². The lowest BCUT2D eigenvalue weighted by Crippen LogP contribution is -2.31. The highest BCUT2D eigenvalue weighted by molar-refractivity contribution is 7.89. The summed E-state index contributed by atoms with van der Waals surface area (Å²) in [6.45, 7) is 2.90. The van der Waals surface area contributed by atoms with Crippen molar-refractivity contribution in [2.45, 2.75) is 24.8 Å². The molecule has 0 spiro atoms.